The van der Waals surface area contributed by atoms with Gasteiger partial charge < -0.3 is 27.9 Å². The van der Waals surface area contributed by atoms with Gasteiger partial charge in [-0.25, -0.2) is 0 Å². The summed E-state index contributed by atoms with van der Waals surface area (Å²) in [4.78, 5) is 38.0. The summed E-state index contributed by atoms with van der Waals surface area (Å²) in [6.45, 7) is 3.98. The van der Waals surface area contributed by atoms with Crippen molar-refractivity contribution >= 4 is 19.8 Å². The molecule has 0 aliphatic heterocycles. The Morgan fingerprint density at radius 3 is 1.00 bits per heavy atom. The minimum absolute atomic E-state index is 0.0423. The van der Waals surface area contributed by atoms with Gasteiger partial charge in [0.25, 0.3) is 7.82 Å². The lowest BCUT2D eigenvalue weighted by atomic mass is 10.0. The largest absolute Gasteiger partial charge is 0.756 e. The summed E-state index contributed by atoms with van der Waals surface area (Å²) in [5.41, 5.74) is 0. The summed E-state index contributed by atoms with van der Waals surface area (Å²) in [6, 6.07) is 0. The molecule has 0 saturated carbocycles. The molecular formula is C70H118NO8P. The first kappa shape index (κ1) is 76.1. The van der Waals surface area contributed by atoms with E-state index in [4.69, 9.17) is 18.5 Å². The van der Waals surface area contributed by atoms with E-state index in [1.807, 2.05) is 21.1 Å². The third-order valence-electron chi connectivity index (χ3n) is 13.2. The van der Waals surface area contributed by atoms with Crippen LogP contribution in [0.3, 0.4) is 0 Å². The number of carbonyl (C=O) groups is 2. The first-order valence-corrected chi connectivity index (χ1v) is 33.4. The Balaban J connectivity index is 4.13. The van der Waals surface area contributed by atoms with Crippen LogP contribution in [-0.4, -0.2) is 70.0 Å². The highest BCUT2D eigenvalue weighted by molar-refractivity contribution is 7.45. The standard InChI is InChI=1S/C70H118NO8P/c1-6-8-10-12-14-16-18-20-22-24-26-28-30-31-32-33-34-35-36-37-38-39-41-42-44-46-48-50-52-54-56-58-60-62-69(72)76-66-68(67-78-80(74,75)77-65-64-71(3,4)5)79-70(73)63-61-59-57-55-53-51-49-47-45-43-40-29-27-25-23-21-19-17-15-13-11-9-7-2/h8-11,14-17,20-23,26-29,31-32,43,45,49,51,68H,6-7,12-13,18-19,24-25,30,33-42,44,46-48,50,52-67H2,1-5H3/b10-8-,11-9-,16-14-,17-15-,22-20-,23-21-,28-26-,29-27-,32-31-,45-43-,51-49-. The lowest BCUT2D eigenvalue weighted by Gasteiger charge is -2.28. The number of hydrogen-bond acceptors (Lipinski definition) is 8. The maximum Gasteiger partial charge on any atom is 0.306 e. The number of rotatable bonds is 57. The van der Waals surface area contributed by atoms with Gasteiger partial charge in [-0.3, -0.25) is 14.2 Å². The number of likely N-dealkylation sites (N-methyl/N-ethyl adjacent to an activating group) is 1. The fourth-order valence-corrected chi connectivity index (χ4v) is 9.06. The number of unbranched alkanes of at least 4 members (excludes halogenated alkanes) is 21. The van der Waals surface area contributed by atoms with Crippen LogP contribution in [0.4, 0.5) is 0 Å². The monoisotopic (exact) mass is 1130 g/mol. The fraction of sp³-hybridized carbons (Fsp3) is 0.657. The second-order valence-electron chi connectivity index (χ2n) is 22.0. The average molecular weight is 1130 g/mol. The highest BCUT2D eigenvalue weighted by atomic mass is 31.2. The van der Waals surface area contributed by atoms with E-state index < -0.39 is 32.5 Å². The molecule has 0 aliphatic carbocycles. The molecule has 0 aromatic rings. The number of ether oxygens (including phenoxy) is 2. The molecule has 0 rings (SSSR count). The smallest absolute Gasteiger partial charge is 0.306 e. The van der Waals surface area contributed by atoms with E-state index in [2.05, 4.69) is 148 Å². The SMILES string of the molecule is CC/C=C\C/C=C\C/C=C\C/C=C\C/C=C\C/C=C\CCCCCCC(=O)OC(COC(=O)CCCCCCCCCCCCCCCCCCC/C=C\C/C=C\C/C=C\C/C=C\C/C=C\CC)COP(=O)([O-])OCC[N+](C)(C)C. The Kier molecular flexibility index (Phi) is 56.9. The molecule has 0 amide bonds. The van der Waals surface area contributed by atoms with Crippen LogP contribution < -0.4 is 4.89 Å². The highest BCUT2D eigenvalue weighted by Gasteiger charge is 2.22. The van der Waals surface area contributed by atoms with Crippen LogP contribution >= 0.6 is 7.82 Å². The van der Waals surface area contributed by atoms with Crippen LogP contribution in [0.1, 0.15) is 245 Å². The lowest BCUT2D eigenvalue weighted by molar-refractivity contribution is -0.870. The first-order valence-electron chi connectivity index (χ1n) is 31.9. The third kappa shape index (κ3) is 63.3. The van der Waals surface area contributed by atoms with Crippen LogP contribution in [0.25, 0.3) is 0 Å². The van der Waals surface area contributed by atoms with Crippen molar-refractivity contribution in [1.82, 2.24) is 0 Å². The van der Waals surface area contributed by atoms with Crippen LogP contribution in [-0.2, 0) is 32.7 Å². The Hall–Kier alpha value is -3.85. The van der Waals surface area contributed by atoms with Crippen LogP contribution in [0.2, 0.25) is 0 Å². The number of nitrogens with zero attached hydrogens (tertiary/aromatic N) is 1. The summed E-state index contributed by atoms with van der Waals surface area (Å²) in [6.07, 6.45) is 86.6. The van der Waals surface area contributed by atoms with E-state index >= 15 is 0 Å². The van der Waals surface area contributed by atoms with E-state index in [-0.39, 0.29) is 26.1 Å². The maximum absolute atomic E-state index is 12.8. The summed E-state index contributed by atoms with van der Waals surface area (Å²) in [5, 5.41) is 0. The maximum atomic E-state index is 12.8. The van der Waals surface area contributed by atoms with Crippen molar-refractivity contribution in [3.8, 4) is 0 Å². The van der Waals surface area contributed by atoms with Gasteiger partial charge in [0.15, 0.2) is 6.10 Å². The van der Waals surface area contributed by atoms with Crippen LogP contribution in [0, 0.1) is 0 Å². The molecule has 80 heavy (non-hydrogen) atoms. The number of allylic oxidation sites excluding steroid dienone is 22. The minimum atomic E-state index is -4.65. The Labute approximate surface area is 491 Å². The van der Waals surface area contributed by atoms with Crippen molar-refractivity contribution in [2.45, 2.75) is 251 Å². The minimum Gasteiger partial charge on any atom is -0.756 e. The topological polar surface area (TPSA) is 111 Å². The second kappa shape index (κ2) is 59.8. The van der Waals surface area contributed by atoms with Gasteiger partial charge >= 0.3 is 11.9 Å². The predicted octanol–water partition coefficient (Wildman–Crippen LogP) is 19.9. The zero-order valence-electron chi connectivity index (χ0n) is 51.7. The molecule has 2 unspecified atom stereocenters. The molecule has 0 aliphatic rings. The first-order chi connectivity index (χ1) is 39.0. The molecule has 456 valence electrons. The van der Waals surface area contributed by atoms with E-state index in [1.165, 1.54) is 96.3 Å². The summed E-state index contributed by atoms with van der Waals surface area (Å²) < 4.78 is 34.2. The van der Waals surface area contributed by atoms with E-state index in [9.17, 15) is 19.0 Å². The molecule has 0 fully saturated rings. The van der Waals surface area contributed by atoms with Crippen molar-refractivity contribution in [2.24, 2.45) is 0 Å². The molecule has 0 heterocycles. The number of quaternary nitrogens is 1. The van der Waals surface area contributed by atoms with Gasteiger partial charge in [0.1, 0.15) is 19.8 Å². The molecule has 0 aromatic heterocycles. The Morgan fingerprint density at radius 2 is 0.675 bits per heavy atom. The zero-order chi connectivity index (χ0) is 58.4. The van der Waals surface area contributed by atoms with E-state index in [0.29, 0.717) is 17.4 Å². The van der Waals surface area contributed by atoms with E-state index in [0.717, 1.165) is 116 Å². The van der Waals surface area contributed by atoms with Gasteiger partial charge in [-0.1, -0.05) is 257 Å². The fourth-order valence-electron chi connectivity index (χ4n) is 8.33. The van der Waals surface area contributed by atoms with E-state index in [1.54, 1.807) is 0 Å². The molecule has 9 nitrogen and oxygen atoms in total. The van der Waals surface area contributed by atoms with Crippen molar-refractivity contribution in [3.63, 3.8) is 0 Å². The van der Waals surface area contributed by atoms with Gasteiger partial charge in [-0.15, -0.1) is 0 Å². The Bertz CT molecular complexity index is 1810. The van der Waals surface area contributed by atoms with Crippen molar-refractivity contribution in [2.75, 3.05) is 47.5 Å². The molecule has 0 radical (unpaired) electrons. The number of carbonyl (C=O) groups excluding carboxylic acids is 2. The molecule has 0 bridgehead atoms. The van der Waals surface area contributed by atoms with Gasteiger partial charge in [0.2, 0.25) is 0 Å². The molecule has 0 saturated heterocycles. The van der Waals surface area contributed by atoms with Crippen LogP contribution in [0.15, 0.2) is 134 Å². The highest BCUT2D eigenvalue weighted by Crippen LogP contribution is 2.38. The third-order valence-corrected chi connectivity index (χ3v) is 14.1. The molecule has 0 N–H and O–H groups in total. The average Bonchev–Trinajstić information content (AvgIpc) is 3.42. The van der Waals surface area contributed by atoms with Crippen molar-refractivity contribution in [1.29, 1.82) is 0 Å². The van der Waals surface area contributed by atoms with Gasteiger partial charge in [0, 0.05) is 12.8 Å². The van der Waals surface area contributed by atoms with Gasteiger partial charge in [-0.05, 0) is 109 Å². The lowest BCUT2D eigenvalue weighted by Crippen LogP contribution is -2.37. The number of phosphoric ester groups is 1. The van der Waals surface area contributed by atoms with Crippen molar-refractivity contribution < 1.29 is 42.1 Å². The predicted molar refractivity (Wildman–Crippen MR) is 341 cm³/mol. The Morgan fingerprint density at radius 1 is 0.388 bits per heavy atom. The molecule has 2 atom stereocenters. The van der Waals surface area contributed by atoms with Gasteiger partial charge in [0.05, 0.1) is 27.7 Å². The van der Waals surface area contributed by atoms with Crippen LogP contribution in [0.5, 0.6) is 0 Å². The van der Waals surface area contributed by atoms with Crippen molar-refractivity contribution in [3.05, 3.63) is 134 Å². The summed E-state index contributed by atoms with van der Waals surface area (Å²) in [7, 11) is 1.13. The molecule has 10 heteroatoms. The molecule has 0 aromatic carbocycles. The zero-order valence-corrected chi connectivity index (χ0v) is 52.6. The number of esters is 2. The molecular weight excluding hydrogens is 1010 g/mol. The number of phosphoric acid groups is 1. The summed E-state index contributed by atoms with van der Waals surface area (Å²) >= 11 is 0. The molecule has 0 spiro atoms. The number of hydrogen-bond donors (Lipinski definition) is 0. The normalized spacial score (nSPS) is 14.1. The summed E-state index contributed by atoms with van der Waals surface area (Å²) in [5.74, 6) is -0.866. The second-order valence-corrected chi connectivity index (χ2v) is 23.4. The quantitative estimate of drug-likeness (QED) is 0.0195. The van der Waals surface area contributed by atoms with Gasteiger partial charge in [-0.2, -0.15) is 0 Å².